The fourth-order valence-electron chi connectivity index (χ4n) is 1.07. The van der Waals surface area contributed by atoms with Crippen molar-refractivity contribution in [2.45, 2.75) is 6.42 Å². The minimum Gasteiger partial charge on any atom is -0.374 e. The zero-order valence-electron chi connectivity index (χ0n) is 7.53. The van der Waals surface area contributed by atoms with Crippen LogP contribution < -0.4 is 4.90 Å². The van der Waals surface area contributed by atoms with Crippen molar-refractivity contribution < 1.29 is 9.18 Å². The van der Waals surface area contributed by atoms with Crippen LogP contribution in [-0.4, -0.2) is 19.9 Å². The van der Waals surface area contributed by atoms with E-state index in [9.17, 15) is 9.18 Å². The summed E-state index contributed by atoms with van der Waals surface area (Å²) in [5, 5.41) is 0. The van der Waals surface area contributed by atoms with Crippen molar-refractivity contribution in [3.05, 3.63) is 30.1 Å². The molecule has 1 aromatic rings. The monoisotopic (exact) mass is 181 g/mol. The van der Waals surface area contributed by atoms with E-state index in [2.05, 4.69) is 0 Å². The van der Waals surface area contributed by atoms with E-state index in [4.69, 9.17) is 0 Å². The lowest BCUT2D eigenvalue weighted by atomic mass is 10.3. The summed E-state index contributed by atoms with van der Waals surface area (Å²) >= 11 is 0. The molecule has 0 fully saturated rings. The van der Waals surface area contributed by atoms with E-state index >= 15 is 0 Å². The number of benzene rings is 1. The van der Waals surface area contributed by atoms with Crippen molar-refractivity contribution in [2.75, 3.05) is 18.5 Å². The molecule has 3 heteroatoms. The van der Waals surface area contributed by atoms with Gasteiger partial charge in [0.15, 0.2) is 0 Å². The quantitative estimate of drug-likeness (QED) is 0.661. The van der Waals surface area contributed by atoms with Crippen LogP contribution in [-0.2, 0) is 4.79 Å². The molecule has 0 aliphatic heterocycles. The van der Waals surface area contributed by atoms with Crippen LogP contribution >= 0.6 is 0 Å². The molecule has 0 aliphatic carbocycles. The van der Waals surface area contributed by atoms with Crippen LogP contribution in [0.25, 0.3) is 0 Å². The van der Waals surface area contributed by atoms with Crippen LogP contribution in [0.4, 0.5) is 10.1 Å². The van der Waals surface area contributed by atoms with Crippen LogP contribution in [0, 0.1) is 5.82 Å². The molecular formula is C10H12FNO. The first-order valence-electron chi connectivity index (χ1n) is 4.14. The van der Waals surface area contributed by atoms with Crippen molar-refractivity contribution in [1.82, 2.24) is 0 Å². The third-order valence-electron chi connectivity index (χ3n) is 1.85. The topological polar surface area (TPSA) is 20.3 Å². The highest BCUT2D eigenvalue weighted by atomic mass is 19.1. The Hall–Kier alpha value is -1.38. The normalized spacial score (nSPS) is 9.69. The van der Waals surface area contributed by atoms with Crippen molar-refractivity contribution in [3.8, 4) is 0 Å². The Morgan fingerprint density at radius 3 is 2.54 bits per heavy atom. The van der Waals surface area contributed by atoms with E-state index in [1.807, 2.05) is 11.9 Å². The van der Waals surface area contributed by atoms with Crippen molar-refractivity contribution in [3.63, 3.8) is 0 Å². The molecule has 0 aromatic heterocycles. The molecule has 0 bridgehead atoms. The van der Waals surface area contributed by atoms with Gasteiger partial charge in [0.2, 0.25) is 0 Å². The largest absolute Gasteiger partial charge is 0.374 e. The first-order chi connectivity index (χ1) is 6.24. The van der Waals surface area contributed by atoms with Gasteiger partial charge in [-0.25, -0.2) is 4.39 Å². The van der Waals surface area contributed by atoms with Gasteiger partial charge >= 0.3 is 0 Å². The first kappa shape index (κ1) is 9.71. The van der Waals surface area contributed by atoms with E-state index in [-0.39, 0.29) is 5.82 Å². The maximum absolute atomic E-state index is 12.5. The molecule has 13 heavy (non-hydrogen) atoms. The molecule has 0 aliphatic rings. The van der Waals surface area contributed by atoms with Crippen LogP contribution in [0.15, 0.2) is 24.3 Å². The van der Waals surface area contributed by atoms with Crippen LogP contribution in [0.1, 0.15) is 6.42 Å². The highest BCUT2D eigenvalue weighted by Gasteiger charge is 1.99. The summed E-state index contributed by atoms with van der Waals surface area (Å²) in [5.41, 5.74) is 0.920. The molecule has 0 atom stereocenters. The SMILES string of the molecule is CN(CCC=O)c1ccc(F)cc1. The van der Waals surface area contributed by atoms with Crippen LogP contribution in [0.5, 0.6) is 0 Å². The number of hydrogen-bond acceptors (Lipinski definition) is 2. The van der Waals surface area contributed by atoms with Crippen molar-refractivity contribution in [2.24, 2.45) is 0 Å². The van der Waals surface area contributed by atoms with Gasteiger partial charge in [-0.1, -0.05) is 0 Å². The molecule has 1 aromatic carbocycles. The average Bonchev–Trinajstić information content (AvgIpc) is 2.15. The highest BCUT2D eigenvalue weighted by molar-refractivity contribution is 5.52. The van der Waals surface area contributed by atoms with Gasteiger partial charge in [0.05, 0.1) is 0 Å². The number of carbonyl (C=O) groups excluding carboxylic acids is 1. The summed E-state index contributed by atoms with van der Waals surface area (Å²) in [4.78, 5) is 12.0. The third kappa shape index (κ3) is 2.86. The zero-order valence-corrected chi connectivity index (χ0v) is 7.53. The van der Waals surface area contributed by atoms with Crippen molar-refractivity contribution >= 4 is 12.0 Å². The lowest BCUT2D eigenvalue weighted by Crippen LogP contribution is -2.18. The molecule has 0 amide bonds. The molecule has 70 valence electrons. The molecule has 0 saturated heterocycles. The maximum atomic E-state index is 12.5. The summed E-state index contributed by atoms with van der Waals surface area (Å²) in [5.74, 6) is -0.243. The fourth-order valence-corrected chi connectivity index (χ4v) is 1.07. The number of halogens is 1. The Balaban J connectivity index is 2.60. The van der Waals surface area contributed by atoms with Gasteiger partial charge in [-0.2, -0.15) is 0 Å². The molecule has 0 saturated carbocycles. The number of hydrogen-bond donors (Lipinski definition) is 0. The Labute approximate surface area is 77.0 Å². The zero-order chi connectivity index (χ0) is 9.68. The molecule has 0 spiro atoms. The third-order valence-corrected chi connectivity index (χ3v) is 1.85. The van der Waals surface area contributed by atoms with Gasteiger partial charge < -0.3 is 9.69 Å². The van der Waals surface area contributed by atoms with E-state index in [1.165, 1.54) is 12.1 Å². The molecule has 0 heterocycles. The van der Waals surface area contributed by atoms with E-state index in [0.717, 1.165) is 12.0 Å². The molecule has 0 unspecified atom stereocenters. The summed E-state index contributed by atoms with van der Waals surface area (Å²) in [6, 6.07) is 6.21. The van der Waals surface area contributed by atoms with Gasteiger partial charge in [0, 0.05) is 25.7 Å². The Bertz CT molecular complexity index is 271. The lowest BCUT2D eigenvalue weighted by Gasteiger charge is -2.17. The smallest absolute Gasteiger partial charge is 0.123 e. The van der Waals surface area contributed by atoms with Gasteiger partial charge in [-0.3, -0.25) is 0 Å². The predicted molar refractivity (Wildman–Crippen MR) is 50.4 cm³/mol. The second-order valence-corrected chi connectivity index (χ2v) is 2.85. The van der Waals surface area contributed by atoms with Gasteiger partial charge in [-0.15, -0.1) is 0 Å². The minimum atomic E-state index is -0.243. The number of nitrogens with zero attached hydrogens (tertiary/aromatic N) is 1. The predicted octanol–water partition coefficient (Wildman–Crippen LogP) is 1.85. The van der Waals surface area contributed by atoms with Crippen molar-refractivity contribution in [1.29, 1.82) is 0 Å². The molecule has 0 radical (unpaired) electrons. The second kappa shape index (κ2) is 4.60. The number of rotatable bonds is 4. The number of aldehydes is 1. The van der Waals surface area contributed by atoms with Crippen LogP contribution in [0.2, 0.25) is 0 Å². The molecule has 1 rings (SSSR count). The highest BCUT2D eigenvalue weighted by Crippen LogP contribution is 2.12. The minimum absolute atomic E-state index is 0.243. The Morgan fingerprint density at radius 1 is 1.38 bits per heavy atom. The maximum Gasteiger partial charge on any atom is 0.123 e. The Kier molecular flexibility index (Phi) is 3.43. The second-order valence-electron chi connectivity index (χ2n) is 2.85. The summed E-state index contributed by atoms with van der Waals surface area (Å²) < 4.78 is 12.5. The number of carbonyl (C=O) groups is 1. The first-order valence-corrected chi connectivity index (χ1v) is 4.14. The molecular weight excluding hydrogens is 169 g/mol. The standard InChI is InChI=1S/C10H12FNO/c1-12(7-2-8-13)10-5-3-9(11)4-6-10/h3-6,8H,2,7H2,1H3. The van der Waals surface area contributed by atoms with E-state index in [0.29, 0.717) is 13.0 Å². The van der Waals surface area contributed by atoms with Gasteiger partial charge in [0.25, 0.3) is 0 Å². The fraction of sp³-hybridized carbons (Fsp3) is 0.300. The van der Waals surface area contributed by atoms with E-state index in [1.54, 1.807) is 12.1 Å². The lowest BCUT2D eigenvalue weighted by molar-refractivity contribution is -0.107. The van der Waals surface area contributed by atoms with Gasteiger partial charge in [0.1, 0.15) is 12.1 Å². The van der Waals surface area contributed by atoms with Crippen LogP contribution in [0.3, 0.4) is 0 Å². The van der Waals surface area contributed by atoms with Gasteiger partial charge in [-0.05, 0) is 24.3 Å². The molecule has 2 nitrogen and oxygen atoms in total. The average molecular weight is 181 g/mol. The number of anilines is 1. The van der Waals surface area contributed by atoms with E-state index < -0.39 is 0 Å². The summed E-state index contributed by atoms with van der Waals surface area (Å²) in [7, 11) is 1.87. The molecule has 0 N–H and O–H groups in total. The summed E-state index contributed by atoms with van der Waals surface area (Å²) in [6.45, 7) is 0.662. The summed E-state index contributed by atoms with van der Waals surface area (Å²) in [6.07, 6.45) is 1.37. The Morgan fingerprint density at radius 2 is 2.00 bits per heavy atom.